The van der Waals surface area contributed by atoms with Gasteiger partial charge in [0.1, 0.15) is 12.0 Å². The molecule has 3 N–H and O–H groups in total. The van der Waals surface area contributed by atoms with E-state index >= 15 is 0 Å². The molecular formula is C11H17NO4. The molecular weight excluding hydrogens is 210 g/mol. The fraction of sp³-hybridized carbons (Fsp3) is 0.545. The first-order chi connectivity index (χ1) is 7.49. The number of hydrogen-bond acceptors (Lipinski definition) is 4. The predicted molar refractivity (Wildman–Crippen MR) is 58.3 cm³/mol. The van der Waals surface area contributed by atoms with Crippen molar-refractivity contribution in [1.82, 2.24) is 5.32 Å². The zero-order chi connectivity index (χ0) is 12.1. The molecule has 1 rings (SSSR count). The fourth-order valence-corrected chi connectivity index (χ4v) is 1.46. The van der Waals surface area contributed by atoms with Crippen molar-refractivity contribution in [3.63, 3.8) is 0 Å². The highest BCUT2D eigenvalue weighted by molar-refractivity contribution is 5.87. The molecule has 1 heterocycles. The van der Waals surface area contributed by atoms with Crippen LogP contribution in [0.3, 0.4) is 0 Å². The highest BCUT2D eigenvalue weighted by atomic mass is 16.4. The largest absolute Gasteiger partial charge is 0.478 e. The third kappa shape index (κ3) is 4.04. The van der Waals surface area contributed by atoms with E-state index in [9.17, 15) is 4.79 Å². The lowest BCUT2D eigenvalue weighted by atomic mass is 10.1. The van der Waals surface area contributed by atoms with Gasteiger partial charge in [-0.25, -0.2) is 4.79 Å². The summed E-state index contributed by atoms with van der Waals surface area (Å²) in [6.45, 7) is 4.14. The minimum atomic E-state index is -0.993. The van der Waals surface area contributed by atoms with Gasteiger partial charge in [0.2, 0.25) is 0 Å². The molecule has 0 bridgehead atoms. The molecule has 0 aliphatic rings. The normalized spacial score (nSPS) is 14.7. The van der Waals surface area contributed by atoms with Crippen LogP contribution in [0.15, 0.2) is 16.7 Å². The molecule has 2 atom stereocenters. The van der Waals surface area contributed by atoms with Gasteiger partial charge in [-0.3, -0.25) is 0 Å². The molecule has 0 amide bonds. The standard InChI is InChI=1S/C11H17NO4/c1-7(3-8(2)13)12-5-10-4-9(6-16-10)11(14)15/h4,6-8,12-13H,3,5H2,1-2H3,(H,14,15). The monoisotopic (exact) mass is 227 g/mol. The number of furan rings is 1. The molecule has 90 valence electrons. The van der Waals surface area contributed by atoms with Gasteiger partial charge in [0.15, 0.2) is 0 Å². The highest BCUT2D eigenvalue weighted by Crippen LogP contribution is 2.08. The van der Waals surface area contributed by atoms with Gasteiger partial charge in [0.25, 0.3) is 0 Å². The first-order valence-electron chi connectivity index (χ1n) is 5.21. The Morgan fingerprint density at radius 2 is 2.25 bits per heavy atom. The van der Waals surface area contributed by atoms with Gasteiger partial charge in [-0.05, 0) is 26.3 Å². The van der Waals surface area contributed by atoms with E-state index < -0.39 is 5.97 Å². The van der Waals surface area contributed by atoms with Crippen LogP contribution in [0.25, 0.3) is 0 Å². The second-order valence-electron chi connectivity index (χ2n) is 3.97. The van der Waals surface area contributed by atoms with Crippen molar-refractivity contribution in [2.45, 2.75) is 39.0 Å². The maximum Gasteiger partial charge on any atom is 0.338 e. The molecule has 1 aromatic rings. The van der Waals surface area contributed by atoms with E-state index in [1.807, 2.05) is 6.92 Å². The maximum atomic E-state index is 10.6. The van der Waals surface area contributed by atoms with Crippen LogP contribution in [0.5, 0.6) is 0 Å². The molecule has 2 unspecified atom stereocenters. The van der Waals surface area contributed by atoms with Crippen molar-refractivity contribution in [3.8, 4) is 0 Å². The van der Waals surface area contributed by atoms with Crippen molar-refractivity contribution in [2.75, 3.05) is 0 Å². The third-order valence-corrected chi connectivity index (χ3v) is 2.22. The zero-order valence-corrected chi connectivity index (χ0v) is 9.43. The van der Waals surface area contributed by atoms with E-state index in [0.29, 0.717) is 18.7 Å². The van der Waals surface area contributed by atoms with E-state index in [2.05, 4.69) is 5.32 Å². The van der Waals surface area contributed by atoms with Crippen LogP contribution >= 0.6 is 0 Å². The molecule has 5 nitrogen and oxygen atoms in total. The van der Waals surface area contributed by atoms with Gasteiger partial charge in [-0.2, -0.15) is 0 Å². The summed E-state index contributed by atoms with van der Waals surface area (Å²) >= 11 is 0. The first kappa shape index (κ1) is 12.7. The summed E-state index contributed by atoms with van der Waals surface area (Å²) in [5.41, 5.74) is 0.153. The summed E-state index contributed by atoms with van der Waals surface area (Å²) < 4.78 is 5.08. The van der Waals surface area contributed by atoms with Crippen LogP contribution in [0, 0.1) is 0 Å². The summed E-state index contributed by atoms with van der Waals surface area (Å²) in [5, 5.41) is 21.0. The van der Waals surface area contributed by atoms with Gasteiger partial charge in [0, 0.05) is 6.04 Å². The summed E-state index contributed by atoms with van der Waals surface area (Å²) in [6, 6.07) is 1.64. The SMILES string of the molecule is CC(O)CC(C)NCc1cc(C(=O)O)co1. The summed E-state index contributed by atoms with van der Waals surface area (Å²) in [5.74, 6) is -0.415. The van der Waals surface area contributed by atoms with Gasteiger partial charge >= 0.3 is 5.97 Å². The van der Waals surface area contributed by atoms with E-state index in [1.54, 1.807) is 6.92 Å². The Labute approximate surface area is 94.1 Å². The molecule has 5 heteroatoms. The Morgan fingerprint density at radius 1 is 1.56 bits per heavy atom. The number of carboxylic acid groups (broad SMARTS) is 1. The molecule has 0 spiro atoms. The van der Waals surface area contributed by atoms with Crippen molar-refractivity contribution >= 4 is 5.97 Å². The Hall–Kier alpha value is -1.33. The Bertz CT molecular complexity index is 346. The van der Waals surface area contributed by atoms with Crippen LogP contribution < -0.4 is 5.32 Å². The molecule has 1 aromatic heterocycles. The third-order valence-electron chi connectivity index (χ3n) is 2.22. The second kappa shape index (κ2) is 5.67. The summed E-state index contributed by atoms with van der Waals surface area (Å²) in [4.78, 5) is 10.6. The van der Waals surface area contributed by atoms with Gasteiger partial charge in [0.05, 0.1) is 18.2 Å². The first-order valence-corrected chi connectivity index (χ1v) is 5.21. The number of aliphatic hydroxyl groups is 1. The van der Waals surface area contributed by atoms with Crippen LogP contribution in [0.1, 0.15) is 36.4 Å². The Morgan fingerprint density at radius 3 is 2.75 bits per heavy atom. The lowest BCUT2D eigenvalue weighted by Gasteiger charge is -2.14. The van der Waals surface area contributed by atoms with Crippen molar-refractivity contribution in [1.29, 1.82) is 0 Å². The fourth-order valence-electron chi connectivity index (χ4n) is 1.46. The molecule has 0 saturated carbocycles. The molecule has 0 aliphatic carbocycles. The average Bonchev–Trinajstić information content (AvgIpc) is 2.61. The van der Waals surface area contributed by atoms with Crippen molar-refractivity contribution < 1.29 is 19.4 Å². The van der Waals surface area contributed by atoms with Crippen LogP contribution in [0.2, 0.25) is 0 Å². The molecule has 0 fully saturated rings. The van der Waals surface area contributed by atoms with E-state index in [1.165, 1.54) is 12.3 Å². The average molecular weight is 227 g/mol. The number of hydrogen-bond donors (Lipinski definition) is 3. The Kier molecular flexibility index (Phi) is 4.52. The molecule has 0 radical (unpaired) electrons. The number of rotatable bonds is 6. The van der Waals surface area contributed by atoms with Gasteiger partial charge < -0.3 is 19.9 Å². The number of aromatic carboxylic acids is 1. The number of carbonyl (C=O) groups is 1. The minimum absolute atomic E-state index is 0.151. The number of aliphatic hydroxyl groups excluding tert-OH is 1. The van der Waals surface area contributed by atoms with E-state index in [-0.39, 0.29) is 17.7 Å². The van der Waals surface area contributed by atoms with E-state index in [4.69, 9.17) is 14.6 Å². The lowest BCUT2D eigenvalue weighted by molar-refractivity contribution is 0.0696. The summed E-state index contributed by atoms with van der Waals surface area (Å²) in [7, 11) is 0. The number of carboxylic acids is 1. The van der Waals surface area contributed by atoms with Crippen molar-refractivity contribution in [2.24, 2.45) is 0 Å². The summed E-state index contributed by atoms with van der Waals surface area (Å²) in [6.07, 6.45) is 1.51. The quantitative estimate of drug-likeness (QED) is 0.680. The zero-order valence-electron chi connectivity index (χ0n) is 9.43. The highest BCUT2D eigenvalue weighted by Gasteiger charge is 2.10. The second-order valence-corrected chi connectivity index (χ2v) is 3.97. The topological polar surface area (TPSA) is 82.7 Å². The molecule has 0 aromatic carbocycles. The number of nitrogens with one attached hydrogen (secondary N) is 1. The van der Waals surface area contributed by atoms with E-state index in [0.717, 1.165) is 0 Å². The van der Waals surface area contributed by atoms with Gasteiger partial charge in [-0.1, -0.05) is 0 Å². The molecule has 0 saturated heterocycles. The maximum absolute atomic E-state index is 10.6. The Balaban J connectivity index is 2.39. The van der Waals surface area contributed by atoms with Crippen LogP contribution in [-0.2, 0) is 6.54 Å². The predicted octanol–water partition coefficient (Wildman–Crippen LogP) is 1.23. The minimum Gasteiger partial charge on any atom is -0.478 e. The molecule has 16 heavy (non-hydrogen) atoms. The smallest absolute Gasteiger partial charge is 0.338 e. The molecule has 0 aliphatic heterocycles. The van der Waals surface area contributed by atoms with Gasteiger partial charge in [-0.15, -0.1) is 0 Å². The van der Waals surface area contributed by atoms with Crippen LogP contribution in [0.4, 0.5) is 0 Å². The lowest BCUT2D eigenvalue weighted by Crippen LogP contribution is -2.28. The van der Waals surface area contributed by atoms with Crippen LogP contribution in [-0.4, -0.2) is 28.3 Å². The van der Waals surface area contributed by atoms with Crippen molar-refractivity contribution in [3.05, 3.63) is 23.7 Å².